The highest BCUT2D eigenvalue weighted by molar-refractivity contribution is 4.91. The number of rotatable bonds is 6. The lowest BCUT2D eigenvalue weighted by molar-refractivity contribution is 0.0712. The standard InChI is InChI=1S/C15H26N2O/c1-2-3-4-12-5-7-13(8-6-12)14(18)11-15-16-9-10-17-15/h9-10,12-14,18H,2-8,11H2,1H3,(H,16,17). The van der Waals surface area contributed by atoms with Crippen LogP contribution in [0.3, 0.4) is 0 Å². The fraction of sp³-hybridized carbons (Fsp3) is 0.800. The molecule has 1 heterocycles. The zero-order valence-electron chi connectivity index (χ0n) is 11.4. The summed E-state index contributed by atoms with van der Waals surface area (Å²) in [6.45, 7) is 2.26. The molecule has 0 bridgehead atoms. The van der Waals surface area contributed by atoms with Crippen molar-refractivity contribution in [3.05, 3.63) is 18.2 Å². The van der Waals surface area contributed by atoms with Gasteiger partial charge in [-0.1, -0.05) is 39.0 Å². The summed E-state index contributed by atoms with van der Waals surface area (Å²) in [7, 11) is 0. The zero-order chi connectivity index (χ0) is 12.8. The fourth-order valence-corrected chi connectivity index (χ4v) is 3.13. The van der Waals surface area contributed by atoms with Gasteiger partial charge in [-0.2, -0.15) is 0 Å². The number of unbranched alkanes of at least 4 members (excludes halogenated alkanes) is 1. The number of H-pyrrole nitrogens is 1. The third-order valence-corrected chi connectivity index (χ3v) is 4.36. The predicted molar refractivity (Wildman–Crippen MR) is 73.3 cm³/mol. The van der Waals surface area contributed by atoms with E-state index in [4.69, 9.17) is 0 Å². The molecule has 0 saturated heterocycles. The normalized spacial score (nSPS) is 26.1. The molecule has 1 fully saturated rings. The number of nitrogens with one attached hydrogen (secondary N) is 1. The number of hydrogen-bond donors (Lipinski definition) is 2. The van der Waals surface area contributed by atoms with Crippen LogP contribution < -0.4 is 0 Å². The van der Waals surface area contributed by atoms with E-state index in [1.54, 1.807) is 6.20 Å². The van der Waals surface area contributed by atoms with Crippen LogP contribution in [-0.4, -0.2) is 21.2 Å². The number of imidazole rings is 1. The molecular weight excluding hydrogens is 224 g/mol. The van der Waals surface area contributed by atoms with Gasteiger partial charge in [-0.3, -0.25) is 0 Å². The Bertz CT molecular complexity index is 315. The number of hydrogen-bond acceptors (Lipinski definition) is 2. The Morgan fingerprint density at radius 3 is 2.78 bits per heavy atom. The molecule has 2 rings (SSSR count). The van der Waals surface area contributed by atoms with Crippen LogP contribution in [0.15, 0.2) is 12.4 Å². The molecule has 0 aliphatic heterocycles. The van der Waals surface area contributed by atoms with Gasteiger partial charge in [0.05, 0.1) is 6.10 Å². The summed E-state index contributed by atoms with van der Waals surface area (Å²) in [5.74, 6) is 2.31. The molecule has 1 aliphatic carbocycles. The summed E-state index contributed by atoms with van der Waals surface area (Å²) in [5.41, 5.74) is 0. The second kappa shape index (κ2) is 6.93. The first-order valence-electron chi connectivity index (χ1n) is 7.46. The molecule has 3 nitrogen and oxygen atoms in total. The minimum atomic E-state index is -0.219. The molecule has 0 radical (unpaired) electrons. The summed E-state index contributed by atoms with van der Waals surface area (Å²) < 4.78 is 0. The highest BCUT2D eigenvalue weighted by atomic mass is 16.3. The summed E-state index contributed by atoms with van der Waals surface area (Å²) in [6.07, 6.45) is 13.1. The Morgan fingerprint density at radius 2 is 2.17 bits per heavy atom. The molecule has 3 heteroatoms. The number of aromatic amines is 1. The van der Waals surface area contributed by atoms with Crippen LogP contribution in [0.5, 0.6) is 0 Å². The highest BCUT2D eigenvalue weighted by Gasteiger charge is 2.26. The van der Waals surface area contributed by atoms with Gasteiger partial charge in [-0.15, -0.1) is 0 Å². The maximum absolute atomic E-state index is 10.2. The summed E-state index contributed by atoms with van der Waals surface area (Å²) >= 11 is 0. The monoisotopic (exact) mass is 250 g/mol. The minimum absolute atomic E-state index is 0.219. The number of aromatic nitrogens is 2. The second-order valence-corrected chi connectivity index (χ2v) is 5.73. The maximum Gasteiger partial charge on any atom is 0.108 e. The Hall–Kier alpha value is -0.830. The van der Waals surface area contributed by atoms with Gasteiger partial charge in [-0.25, -0.2) is 4.98 Å². The SMILES string of the molecule is CCCCC1CCC(C(O)Cc2ncc[nH]2)CC1. The third-order valence-electron chi connectivity index (χ3n) is 4.36. The lowest BCUT2D eigenvalue weighted by Crippen LogP contribution is -2.27. The largest absolute Gasteiger partial charge is 0.392 e. The van der Waals surface area contributed by atoms with Crippen LogP contribution in [0.1, 0.15) is 57.7 Å². The second-order valence-electron chi connectivity index (χ2n) is 5.73. The Labute approximate surface area is 110 Å². The molecule has 2 N–H and O–H groups in total. The molecule has 0 spiro atoms. The lowest BCUT2D eigenvalue weighted by atomic mass is 9.77. The van der Waals surface area contributed by atoms with E-state index in [2.05, 4.69) is 16.9 Å². The topological polar surface area (TPSA) is 48.9 Å². The van der Waals surface area contributed by atoms with Crippen molar-refractivity contribution in [1.82, 2.24) is 9.97 Å². The van der Waals surface area contributed by atoms with Crippen LogP contribution in [0, 0.1) is 11.8 Å². The van der Waals surface area contributed by atoms with E-state index >= 15 is 0 Å². The van der Waals surface area contributed by atoms with E-state index in [-0.39, 0.29) is 6.10 Å². The van der Waals surface area contributed by atoms with Crippen molar-refractivity contribution in [2.24, 2.45) is 11.8 Å². The van der Waals surface area contributed by atoms with Gasteiger partial charge < -0.3 is 10.1 Å². The molecule has 1 atom stereocenters. The molecule has 1 aromatic rings. The van der Waals surface area contributed by atoms with Gasteiger partial charge in [0.25, 0.3) is 0 Å². The molecule has 1 aliphatic rings. The maximum atomic E-state index is 10.2. The van der Waals surface area contributed by atoms with E-state index in [9.17, 15) is 5.11 Å². The third kappa shape index (κ3) is 3.84. The van der Waals surface area contributed by atoms with Crippen molar-refractivity contribution < 1.29 is 5.11 Å². The minimum Gasteiger partial charge on any atom is -0.392 e. The van der Waals surface area contributed by atoms with Crippen molar-refractivity contribution >= 4 is 0 Å². The average Bonchev–Trinajstić information content (AvgIpc) is 2.89. The number of nitrogens with zero attached hydrogens (tertiary/aromatic N) is 1. The van der Waals surface area contributed by atoms with Crippen LogP contribution >= 0.6 is 0 Å². The van der Waals surface area contributed by atoms with Gasteiger partial charge in [0.15, 0.2) is 0 Å². The highest BCUT2D eigenvalue weighted by Crippen LogP contribution is 2.34. The van der Waals surface area contributed by atoms with Crippen molar-refractivity contribution in [2.45, 2.75) is 64.4 Å². The van der Waals surface area contributed by atoms with Crippen molar-refractivity contribution in [3.63, 3.8) is 0 Å². The lowest BCUT2D eigenvalue weighted by Gasteiger charge is -2.31. The fourth-order valence-electron chi connectivity index (χ4n) is 3.13. The van der Waals surface area contributed by atoms with E-state index in [1.165, 1.54) is 44.9 Å². The van der Waals surface area contributed by atoms with Gasteiger partial charge in [0, 0.05) is 18.8 Å². The van der Waals surface area contributed by atoms with E-state index in [0.717, 1.165) is 11.7 Å². The van der Waals surface area contributed by atoms with Crippen LogP contribution in [0.4, 0.5) is 0 Å². The Balaban J connectivity index is 1.72. The molecular formula is C15H26N2O. The van der Waals surface area contributed by atoms with Gasteiger partial charge in [-0.05, 0) is 24.7 Å². The zero-order valence-corrected chi connectivity index (χ0v) is 11.4. The Morgan fingerprint density at radius 1 is 1.39 bits per heavy atom. The van der Waals surface area contributed by atoms with E-state index in [1.807, 2.05) is 6.20 Å². The van der Waals surface area contributed by atoms with Crippen molar-refractivity contribution in [1.29, 1.82) is 0 Å². The first-order chi connectivity index (χ1) is 8.79. The van der Waals surface area contributed by atoms with Gasteiger partial charge in [0.2, 0.25) is 0 Å². The quantitative estimate of drug-likeness (QED) is 0.813. The van der Waals surface area contributed by atoms with Crippen LogP contribution in [0.25, 0.3) is 0 Å². The van der Waals surface area contributed by atoms with Crippen LogP contribution in [-0.2, 0) is 6.42 Å². The van der Waals surface area contributed by atoms with E-state index in [0.29, 0.717) is 12.3 Å². The molecule has 0 aromatic carbocycles. The summed E-state index contributed by atoms with van der Waals surface area (Å²) in [4.78, 5) is 7.26. The van der Waals surface area contributed by atoms with Gasteiger partial charge >= 0.3 is 0 Å². The van der Waals surface area contributed by atoms with Crippen molar-refractivity contribution in [2.75, 3.05) is 0 Å². The first kappa shape index (κ1) is 13.6. The molecule has 0 amide bonds. The van der Waals surface area contributed by atoms with Crippen LogP contribution in [0.2, 0.25) is 0 Å². The molecule has 1 aromatic heterocycles. The summed E-state index contributed by atoms with van der Waals surface area (Å²) in [5, 5.41) is 10.2. The van der Waals surface area contributed by atoms with Crippen molar-refractivity contribution in [3.8, 4) is 0 Å². The smallest absolute Gasteiger partial charge is 0.108 e. The predicted octanol–water partition coefficient (Wildman–Crippen LogP) is 3.31. The molecule has 1 saturated carbocycles. The van der Waals surface area contributed by atoms with Gasteiger partial charge in [0.1, 0.15) is 5.82 Å². The summed E-state index contributed by atoms with van der Waals surface area (Å²) in [6, 6.07) is 0. The molecule has 18 heavy (non-hydrogen) atoms. The molecule has 1 unspecified atom stereocenters. The molecule has 102 valence electrons. The Kier molecular flexibility index (Phi) is 5.24. The van der Waals surface area contributed by atoms with E-state index < -0.39 is 0 Å². The average molecular weight is 250 g/mol. The number of aliphatic hydroxyl groups is 1. The first-order valence-corrected chi connectivity index (χ1v) is 7.46. The number of aliphatic hydroxyl groups excluding tert-OH is 1.